The Kier molecular flexibility index (Phi) is 3.93. The lowest BCUT2D eigenvalue weighted by Crippen LogP contribution is -2.14. The van der Waals surface area contributed by atoms with E-state index in [1.165, 1.54) is 11.5 Å². The molecule has 1 aromatic carbocycles. The number of amides is 1. The van der Waals surface area contributed by atoms with Gasteiger partial charge >= 0.3 is 0 Å². The van der Waals surface area contributed by atoms with Crippen LogP contribution in [0.3, 0.4) is 0 Å². The van der Waals surface area contributed by atoms with Crippen molar-refractivity contribution in [3.63, 3.8) is 0 Å². The number of aromatic nitrogens is 3. The summed E-state index contributed by atoms with van der Waals surface area (Å²) in [5.41, 5.74) is 3.25. The van der Waals surface area contributed by atoms with Crippen LogP contribution in [0.25, 0.3) is 10.4 Å². The van der Waals surface area contributed by atoms with Gasteiger partial charge in [0.1, 0.15) is 5.82 Å². The van der Waals surface area contributed by atoms with Gasteiger partial charge in [0.15, 0.2) is 5.69 Å². The lowest BCUT2D eigenvalue weighted by Gasteiger charge is -2.05. The van der Waals surface area contributed by atoms with Crippen molar-refractivity contribution >= 4 is 23.3 Å². The topological polar surface area (TPSA) is 67.8 Å². The fourth-order valence-corrected chi connectivity index (χ4v) is 2.69. The molecule has 0 saturated heterocycles. The van der Waals surface area contributed by atoms with Crippen LogP contribution in [-0.4, -0.2) is 20.5 Å². The fraction of sp³-hybridized carbons (Fsp3) is 0.125. The molecule has 0 aliphatic carbocycles. The van der Waals surface area contributed by atoms with E-state index in [4.69, 9.17) is 0 Å². The molecule has 0 bridgehead atoms. The number of rotatable bonds is 3. The molecule has 0 atom stereocenters. The minimum absolute atomic E-state index is 0.303. The number of hydrogen-bond donors (Lipinski definition) is 1. The molecule has 3 aromatic rings. The second-order valence-electron chi connectivity index (χ2n) is 4.94. The van der Waals surface area contributed by atoms with Crippen molar-refractivity contribution < 1.29 is 4.79 Å². The second-order valence-corrected chi connectivity index (χ2v) is 5.69. The monoisotopic (exact) mass is 310 g/mol. The number of aryl methyl sites for hydroxylation is 2. The minimum atomic E-state index is -0.303. The van der Waals surface area contributed by atoms with Crippen LogP contribution in [0.4, 0.5) is 5.82 Å². The Morgan fingerprint density at radius 2 is 1.86 bits per heavy atom. The molecule has 1 N–H and O–H groups in total. The van der Waals surface area contributed by atoms with Crippen molar-refractivity contribution in [3.05, 3.63) is 59.4 Å². The first kappa shape index (κ1) is 14.3. The van der Waals surface area contributed by atoms with Gasteiger partial charge in [0.25, 0.3) is 5.91 Å². The number of carbonyl (C=O) groups excluding carboxylic acids is 1. The number of nitrogens with zero attached hydrogens (tertiary/aromatic N) is 3. The molecule has 2 heterocycles. The summed E-state index contributed by atoms with van der Waals surface area (Å²) in [6.07, 6.45) is 0. The maximum Gasteiger partial charge on any atom is 0.278 e. The lowest BCUT2D eigenvalue weighted by atomic mass is 10.1. The van der Waals surface area contributed by atoms with Gasteiger partial charge in [0.2, 0.25) is 0 Å². The van der Waals surface area contributed by atoms with Crippen molar-refractivity contribution in [1.82, 2.24) is 14.6 Å². The van der Waals surface area contributed by atoms with Crippen molar-refractivity contribution in [2.24, 2.45) is 0 Å². The van der Waals surface area contributed by atoms with Gasteiger partial charge in [-0.15, -0.1) is 5.10 Å². The highest BCUT2D eigenvalue weighted by Gasteiger charge is 2.18. The highest BCUT2D eigenvalue weighted by Crippen LogP contribution is 2.26. The van der Waals surface area contributed by atoms with Gasteiger partial charge < -0.3 is 5.32 Å². The summed E-state index contributed by atoms with van der Waals surface area (Å²) in [7, 11) is 0. The zero-order chi connectivity index (χ0) is 15.5. The molecule has 0 saturated carbocycles. The van der Waals surface area contributed by atoms with E-state index < -0.39 is 0 Å². The van der Waals surface area contributed by atoms with E-state index in [9.17, 15) is 4.79 Å². The number of benzene rings is 1. The molecule has 2 aromatic heterocycles. The smallest absolute Gasteiger partial charge is 0.278 e. The van der Waals surface area contributed by atoms with E-state index in [-0.39, 0.29) is 5.91 Å². The molecular formula is C16H14N4OS. The molecule has 3 rings (SSSR count). The summed E-state index contributed by atoms with van der Waals surface area (Å²) in [6, 6.07) is 13.4. The molecule has 5 nitrogen and oxygen atoms in total. The van der Waals surface area contributed by atoms with Crippen LogP contribution >= 0.6 is 11.5 Å². The Labute approximate surface area is 132 Å². The fourth-order valence-electron chi connectivity index (χ4n) is 2.02. The van der Waals surface area contributed by atoms with Crippen molar-refractivity contribution in [2.45, 2.75) is 13.8 Å². The van der Waals surface area contributed by atoms with Gasteiger partial charge in [0.05, 0.1) is 4.88 Å². The van der Waals surface area contributed by atoms with E-state index in [0.717, 1.165) is 21.7 Å². The Morgan fingerprint density at radius 3 is 2.59 bits per heavy atom. The number of hydrogen-bond acceptors (Lipinski definition) is 5. The van der Waals surface area contributed by atoms with Gasteiger partial charge in [-0.1, -0.05) is 40.4 Å². The van der Waals surface area contributed by atoms with Crippen molar-refractivity contribution in [1.29, 1.82) is 0 Å². The average molecular weight is 310 g/mol. The van der Waals surface area contributed by atoms with Crippen LogP contribution in [-0.2, 0) is 0 Å². The summed E-state index contributed by atoms with van der Waals surface area (Å²) in [4.78, 5) is 17.4. The number of pyridine rings is 1. The quantitative estimate of drug-likeness (QED) is 0.804. The summed E-state index contributed by atoms with van der Waals surface area (Å²) in [5.74, 6) is 0.204. The van der Waals surface area contributed by atoms with E-state index in [0.29, 0.717) is 11.5 Å². The molecule has 0 unspecified atom stereocenters. The summed E-state index contributed by atoms with van der Waals surface area (Å²) >= 11 is 1.21. The zero-order valence-electron chi connectivity index (χ0n) is 12.2. The molecule has 6 heteroatoms. The summed E-state index contributed by atoms with van der Waals surface area (Å²) in [5, 5.41) is 6.72. The molecule has 0 radical (unpaired) electrons. The number of anilines is 1. The Balaban J connectivity index is 1.88. The number of carbonyl (C=O) groups is 1. The minimum Gasteiger partial charge on any atom is -0.305 e. The van der Waals surface area contributed by atoms with Gasteiger partial charge in [-0.25, -0.2) is 4.98 Å². The second kappa shape index (κ2) is 6.03. The van der Waals surface area contributed by atoms with Crippen LogP contribution < -0.4 is 5.32 Å². The van der Waals surface area contributed by atoms with Crippen molar-refractivity contribution in [3.8, 4) is 10.4 Å². The normalized spacial score (nSPS) is 10.5. The molecular weight excluding hydrogens is 296 g/mol. The molecule has 0 aliphatic heterocycles. The van der Waals surface area contributed by atoms with Gasteiger partial charge in [-0.2, -0.15) is 0 Å². The maximum absolute atomic E-state index is 12.4. The maximum atomic E-state index is 12.4. The van der Waals surface area contributed by atoms with Crippen LogP contribution in [0.15, 0.2) is 42.5 Å². The van der Waals surface area contributed by atoms with Crippen LogP contribution in [0.5, 0.6) is 0 Å². The van der Waals surface area contributed by atoms with E-state index >= 15 is 0 Å². The van der Waals surface area contributed by atoms with E-state index in [1.807, 2.05) is 50.2 Å². The molecule has 110 valence electrons. The van der Waals surface area contributed by atoms with Crippen LogP contribution in [0, 0.1) is 13.8 Å². The van der Waals surface area contributed by atoms with Gasteiger partial charge in [-0.05, 0) is 43.1 Å². The Morgan fingerprint density at radius 1 is 1.09 bits per heavy atom. The number of nitrogens with one attached hydrogen (secondary N) is 1. The third-order valence-corrected chi connectivity index (χ3v) is 3.92. The van der Waals surface area contributed by atoms with E-state index in [1.54, 1.807) is 6.07 Å². The standard InChI is InChI=1S/C16H14N4OS/c1-10-6-8-12(9-7-10)15-14(19-20-22-15)16(21)18-13-5-3-4-11(2)17-13/h3-9H,1-2H3,(H,17,18,21). The Hall–Kier alpha value is -2.60. The highest BCUT2D eigenvalue weighted by atomic mass is 32.1. The summed E-state index contributed by atoms with van der Waals surface area (Å²) < 4.78 is 3.91. The Bertz CT molecular complexity index is 811. The lowest BCUT2D eigenvalue weighted by molar-refractivity contribution is 0.102. The zero-order valence-corrected chi connectivity index (χ0v) is 13.0. The first-order chi connectivity index (χ1) is 10.6. The van der Waals surface area contributed by atoms with Crippen molar-refractivity contribution in [2.75, 3.05) is 5.32 Å². The van der Waals surface area contributed by atoms with Gasteiger partial charge in [0, 0.05) is 5.69 Å². The molecule has 0 spiro atoms. The third-order valence-electron chi connectivity index (χ3n) is 3.15. The van der Waals surface area contributed by atoms with Crippen LogP contribution in [0.1, 0.15) is 21.7 Å². The first-order valence-electron chi connectivity index (χ1n) is 6.78. The molecule has 0 aliphatic rings. The third kappa shape index (κ3) is 3.01. The molecule has 1 amide bonds. The first-order valence-corrected chi connectivity index (χ1v) is 7.55. The van der Waals surface area contributed by atoms with Gasteiger partial charge in [-0.3, -0.25) is 4.79 Å². The SMILES string of the molecule is Cc1ccc(-c2snnc2C(=O)Nc2cccc(C)n2)cc1. The predicted molar refractivity (Wildman–Crippen MR) is 87.0 cm³/mol. The van der Waals surface area contributed by atoms with Crippen LogP contribution in [0.2, 0.25) is 0 Å². The van der Waals surface area contributed by atoms with E-state index in [2.05, 4.69) is 19.9 Å². The molecule has 0 fully saturated rings. The average Bonchev–Trinajstić information content (AvgIpc) is 2.97. The highest BCUT2D eigenvalue weighted by molar-refractivity contribution is 7.09. The molecule has 22 heavy (non-hydrogen) atoms. The summed E-state index contributed by atoms with van der Waals surface area (Å²) in [6.45, 7) is 3.89. The predicted octanol–water partition coefficient (Wildman–Crippen LogP) is 3.47. The largest absolute Gasteiger partial charge is 0.305 e.